The minimum absolute atomic E-state index is 0.250. The Balaban J connectivity index is 0.000000748. The van der Waals surface area contributed by atoms with Crippen molar-refractivity contribution in [2.24, 2.45) is 0 Å². The minimum atomic E-state index is 0.250. The zero-order chi connectivity index (χ0) is 27.3. The van der Waals surface area contributed by atoms with E-state index in [0.29, 0.717) is 23.0 Å². The van der Waals surface area contributed by atoms with Gasteiger partial charge < -0.3 is 15.5 Å². The summed E-state index contributed by atoms with van der Waals surface area (Å²) in [6.45, 7) is 4.18. The first-order chi connectivity index (χ1) is 18.6. The van der Waals surface area contributed by atoms with Crippen LogP contribution in [0.15, 0.2) is 73.2 Å². The summed E-state index contributed by atoms with van der Waals surface area (Å²) < 4.78 is 0. The van der Waals surface area contributed by atoms with E-state index in [-0.39, 0.29) is 6.61 Å². The fourth-order valence-corrected chi connectivity index (χ4v) is 5.03. The Morgan fingerprint density at radius 1 is 1.00 bits per heavy atom. The number of hydrogen-bond donors (Lipinski definition) is 4. The number of aromatic amines is 1. The molecule has 1 saturated carbocycles. The molecule has 4 N–H and O–H groups in total. The lowest BCUT2D eigenvalue weighted by atomic mass is 9.81. The van der Waals surface area contributed by atoms with Gasteiger partial charge in [0, 0.05) is 59.8 Å². The van der Waals surface area contributed by atoms with Gasteiger partial charge in [-0.15, -0.1) is 0 Å². The summed E-state index contributed by atoms with van der Waals surface area (Å²) >= 11 is 6.12. The summed E-state index contributed by atoms with van der Waals surface area (Å²) in [6.07, 6.45) is 7.89. The van der Waals surface area contributed by atoms with E-state index in [1.807, 2.05) is 30.3 Å². The van der Waals surface area contributed by atoms with Crippen molar-refractivity contribution in [3.05, 3.63) is 89.5 Å². The van der Waals surface area contributed by atoms with E-state index >= 15 is 0 Å². The van der Waals surface area contributed by atoms with Crippen LogP contribution in [0.1, 0.15) is 62.7 Å². The average molecular weight is 536 g/mol. The normalized spacial score (nSPS) is 17.4. The van der Waals surface area contributed by atoms with Crippen LogP contribution in [0, 0.1) is 0 Å². The van der Waals surface area contributed by atoms with E-state index in [1.165, 1.54) is 11.3 Å². The summed E-state index contributed by atoms with van der Waals surface area (Å²) in [4.78, 5) is 8.67. The second-order valence-electron chi connectivity index (χ2n) is 9.13. The van der Waals surface area contributed by atoms with Crippen molar-refractivity contribution >= 4 is 11.6 Å². The molecule has 0 bridgehead atoms. The smallest absolute Gasteiger partial charge is 0.116 e. The Kier molecular flexibility index (Phi) is 11.9. The lowest BCUT2D eigenvalue weighted by Crippen LogP contribution is -2.34. The number of aliphatic hydroxyl groups is 2. The number of halogens is 1. The first-order valence-corrected chi connectivity index (χ1v) is 13.5. The number of hydrogen-bond acceptors (Lipinski definition) is 6. The van der Waals surface area contributed by atoms with Crippen LogP contribution in [0.4, 0.5) is 0 Å². The number of benzene rings is 2. The molecule has 0 unspecified atom stereocenters. The predicted molar refractivity (Wildman–Crippen MR) is 154 cm³/mol. The highest BCUT2D eigenvalue weighted by molar-refractivity contribution is 6.30. The van der Waals surface area contributed by atoms with Crippen LogP contribution in [-0.2, 0) is 0 Å². The third-order valence-electron chi connectivity index (χ3n) is 6.67. The molecule has 8 heteroatoms. The maximum atomic E-state index is 7.57. The van der Waals surface area contributed by atoms with Gasteiger partial charge in [-0.1, -0.05) is 54.1 Å². The molecule has 4 aromatic rings. The van der Waals surface area contributed by atoms with Gasteiger partial charge in [-0.3, -0.25) is 5.10 Å². The molecular weight excluding hydrogens is 498 g/mol. The van der Waals surface area contributed by atoms with Gasteiger partial charge in [0.15, 0.2) is 0 Å². The molecule has 1 fully saturated rings. The Labute approximate surface area is 230 Å². The van der Waals surface area contributed by atoms with Crippen LogP contribution in [-0.4, -0.2) is 50.1 Å². The highest BCUT2D eigenvalue weighted by Gasteiger charge is 2.29. The highest BCUT2D eigenvalue weighted by Crippen LogP contribution is 2.41. The quantitative estimate of drug-likeness (QED) is 0.235. The molecule has 1 aliphatic rings. The van der Waals surface area contributed by atoms with E-state index in [0.717, 1.165) is 55.3 Å². The second-order valence-corrected chi connectivity index (χ2v) is 9.56. The zero-order valence-corrected chi connectivity index (χ0v) is 23.1. The molecule has 0 saturated heterocycles. The molecule has 0 aliphatic heterocycles. The molecule has 38 heavy (non-hydrogen) atoms. The Hall–Kier alpha value is -3.10. The van der Waals surface area contributed by atoms with Crippen molar-refractivity contribution in [1.29, 1.82) is 0 Å². The first-order valence-electron chi connectivity index (χ1n) is 13.1. The zero-order valence-electron chi connectivity index (χ0n) is 22.3. The van der Waals surface area contributed by atoms with Gasteiger partial charge in [0.2, 0.25) is 0 Å². The number of aromatic nitrogens is 4. The third-order valence-corrected chi connectivity index (χ3v) is 6.92. The van der Waals surface area contributed by atoms with Crippen molar-refractivity contribution in [2.75, 3.05) is 13.7 Å². The molecule has 2 aromatic carbocycles. The first kappa shape index (κ1) is 29.5. The number of nitrogens with one attached hydrogen (secondary N) is 2. The average Bonchev–Trinajstić information content (AvgIpc) is 3.41. The molecule has 2 heterocycles. The van der Waals surface area contributed by atoms with E-state index < -0.39 is 0 Å². The summed E-state index contributed by atoms with van der Waals surface area (Å²) in [6, 6.07) is 21.3. The maximum absolute atomic E-state index is 7.57. The summed E-state index contributed by atoms with van der Waals surface area (Å²) in [5.41, 5.74) is 6.44. The molecular formula is C30H38ClN5O2. The molecule has 0 spiro atoms. The van der Waals surface area contributed by atoms with Crippen LogP contribution in [0.2, 0.25) is 5.02 Å². The van der Waals surface area contributed by atoms with Crippen LogP contribution >= 0.6 is 11.6 Å². The molecule has 0 amide bonds. The van der Waals surface area contributed by atoms with E-state index in [4.69, 9.17) is 26.9 Å². The Morgan fingerprint density at radius 2 is 1.66 bits per heavy atom. The number of H-pyrrole nitrogens is 1. The second kappa shape index (κ2) is 15.3. The van der Waals surface area contributed by atoms with Crippen LogP contribution in [0.5, 0.6) is 0 Å². The molecule has 0 radical (unpaired) electrons. The van der Waals surface area contributed by atoms with Crippen LogP contribution in [0.25, 0.3) is 22.5 Å². The third kappa shape index (κ3) is 7.71. The Bertz CT molecular complexity index is 1190. The molecule has 1 aliphatic carbocycles. The summed E-state index contributed by atoms with van der Waals surface area (Å²) in [7, 11) is 1.00. The molecule has 5 rings (SSSR count). The summed E-state index contributed by atoms with van der Waals surface area (Å²) in [5, 5.41) is 27.2. The lowest BCUT2D eigenvalue weighted by molar-refractivity contribution is 0.318. The van der Waals surface area contributed by atoms with Crippen molar-refractivity contribution in [3.8, 4) is 22.5 Å². The van der Waals surface area contributed by atoms with Crippen LogP contribution < -0.4 is 5.32 Å². The Morgan fingerprint density at radius 3 is 2.26 bits per heavy atom. The maximum Gasteiger partial charge on any atom is 0.116 e. The minimum Gasteiger partial charge on any atom is -0.400 e. The van der Waals surface area contributed by atoms with Gasteiger partial charge in [-0.05, 0) is 63.3 Å². The van der Waals surface area contributed by atoms with Crippen molar-refractivity contribution in [2.45, 2.75) is 57.5 Å². The van der Waals surface area contributed by atoms with Gasteiger partial charge in [0.25, 0.3) is 0 Å². The van der Waals surface area contributed by atoms with Crippen molar-refractivity contribution in [3.63, 3.8) is 0 Å². The fourth-order valence-electron chi connectivity index (χ4n) is 4.91. The van der Waals surface area contributed by atoms with Crippen molar-refractivity contribution < 1.29 is 10.2 Å². The number of nitrogens with zero attached hydrogens (tertiary/aromatic N) is 3. The molecule has 2 aromatic heterocycles. The topological polar surface area (TPSA) is 107 Å². The standard InChI is InChI=1S/C27H28ClN5.C2H6O.CH4O/c1-18(19-5-3-2-4-6-19)31-23-13-9-21(10-14-23)27-25(24-15-16-29-17-30-24)26(32-33-27)20-7-11-22(28)12-8-20;1-2-3;1-2/h2-8,11-12,15-18,21,23,31H,9-10,13-14H2,1H3,(H,32,33);3H,2H2,1H3;2H,1H3/t18-,21?,23?;;/m1../s1. The van der Waals surface area contributed by atoms with E-state index in [9.17, 15) is 0 Å². The molecule has 202 valence electrons. The van der Waals surface area contributed by atoms with Gasteiger partial charge in [-0.25, -0.2) is 9.97 Å². The van der Waals surface area contributed by atoms with Gasteiger partial charge in [-0.2, -0.15) is 5.10 Å². The number of aliphatic hydroxyl groups excluding tert-OH is 2. The van der Waals surface area contributed by atoms with Crippen LogP contribution in [0.3, 0.4) is 0 Å². The fraction of sp³-hybridized carbons (Fsp3) is 0.367. The molecule has 7 nitrogen and oxygen atoms in total. The van der Waals surface area contributed by atoms with E-state index in [1.54, 1.807) is 19.4 Å². The summed E-state index contributed by atoms with van der Waals surface area (Å²) in [5.74, 6) is 0.425. The molecule has 1 atom stereocenters. The number of rotatable bonds is 6. The monoisotopic (exact) mass is 535 g/mol. The van der Waals surface area contributed by atoms with E-state index in [2.05, 4.69) is 57.6 Å². The van der Waals surface area contributed by atoms with Gasteiger partial charge in [0.1, 0.15) is 12.0 Å². The largest absolute Gasteiger partial charge is 0.400 e. The van der Waals surface area contributed by atoms with Gasteiger partial charge in [0.05, 0.1) is 5.69 Å². The van der Waals surface area contributed by atoms with Gasteiger partial charge >= 0.3 is 0 Å². The predicted octanol–water partition coefficient (Wildman–Crippen LogP) is 6.17. The SMILES string of the molecule is CCO.CO.C[C@@H](NC1CCC(c2[nH]nc(-c3ccc(Cl)cc3)c2-c2ccncn2)CC1)c1ccccc1. The lowest BCUT2D eigenvalue weighted by Gasteiger charge is -2.31. The van der Waals surface area contributed by atoms with Crippen molar-refractivity contribution in [1.82, 2.24) is 25.5 Å². The highest BCUT2D eigenvalue weighted by atomic mass is 35.5.